The van der Waals surface area contributed by atoms with E-state index in [1.807, 2.05) is 23.9 Å². The van der Waals surface area contributed by atoms with E-state index in [9.17, 15) is 0 Å². The maximum Gasteiger partial charge on any atom is 0.135 e. The lowest BCUT2D eigenvalue weighted by Crippen LogP contribution is -1.92. The van der Waals surface area contributed by atoms with Crippen LogP contribution in [0.5, 0.6) is 0 Å². The summed E-state index contributed by atoms with van der Waals surface area (Å²) < 4.78 is 6.11. The minimum Gasteiger partial charge on any atom is -0.456 e. The largest absolute Gasteiger partial charge is 0.456 e. The lowest BCUT2D eigenvalue weighted by Gasteiger charge is -2.15. The highest BCUT2D eigenvalue weighted by Crippen LogP contribution is 2.42. The molecule has 0 saturated heterocycles. The van der Waals surface area contributed by atoms with E-state index in [0.29, 0.717) is 0 Å². The first kappa shape index (κ1) is 27.0. The number of hydrogen-bond donors (Lipinski definition) is 0. The number of fused-ring (bicyclic) bond motifs is 6. The van der Waals surface area contributed by atoms with E-state index >= 15 is 0 Å². The maximum absolute atomic E-state index is 6.11. The standard InChI is InChI=1S/C44H30OS/c1-3-9-29(10-4-1)35-22-36(30-11-5-2-6-12-30)24-37(23-35)31-17-19-39-38(21-31)28-46-27-34-16-15-32(25-41(34)39)33-18-20-44-42(26-33)40-13-7-8-14-43(40)45-44/h1-26H,27-28H2. The van der Waals surface area contributed by atoms with E-state index < -0.39 is 0 Å². The topological polar surface area (TPSA) is 13.1 Å². The zero-order chi connectivity index (χ0) is 30.5. The van der Waals surface area contributed by atoms with Crippen LogP contribution in [0.2, 0.25) is 0 Å². The van der Waals surface area contributed by atoms with Crippen LogP contribution in [0.25, 0.3) is 77.6 Å². The normalized spacial score (nSPS) is 12.5. The van der Waals surface area contributed by atoms with Crippen molar-refractivity contribution in [3.63, 3.8) is 0 Å². The summed E-state index contributed by atoms with van der Waals surface area (Å²) in [4.78, 5) is 0. The van der Waals surface area contributed by atoms with E-state index in [1.165, 1.54) is 66.8 Å². The van der Waals surface area contributed by atoms with Crippen molar-refractivity contribution in [1.29, 1.82) is 0 Å². The van der Waals surface area contributed by atoms with E-state index in [0.717, 1.165) is 33.4 Å². The van der Waals surface area contributed by atoms with Crippen LogP contribution < -0.4 is 0 Å². The van der Waals surface area contributed by atoms with Crippen molar-refractivity contribution in [3.05, 3.63) is 169 Å². The van der Waals surface area contributed by atoms with Crippen molar-refractivity contribution in [1.82, 2.24) is 0 Å². The van der Waals surface area contributed by atoms with E-state index in [-0.39, 0.29) is 0 Å². The first-order valence-corrected chi connectivity index (χ1v) is 16.9. The smallest absolute Gasteiger partial charge is 0.135 e. The quantitative estimate of drug-likeness (QED) is 0.198. The van der Waals surface area contributed by atoms with Crippen LogP contribution in [-0.2, 0) is 11.5 Å². The SMILES string of the molecule is c1ccc(-c2cc(-c3ccccc3)cc(-c3ccc4c(c3)CSCc3ccc(-c5ccc6oc7ccccc7c6c5)cc3-4)c2)cc1. The summed E-state index contributed by atoms with van der Waals surface area (Å²) in [7, 11) is 0. The summed E-state index contributed by atoms with van der Waals surface area (Å²) in [6.07, 6.45) is 0. The molecule has 1 aliphatic heterocycles. The summed E-state index contributed by atoms with van der Waals surface area (Å²) in [5, 5.41) is 2.33. The van der Waals surface area contributed by atoms with Crippen molar-refractivity contribution < 1.29 is 4.42 Å². The van der Waals surface area contributed by atoms with Gasteiger partial charge in [-0.2, -0.15) is 11.8 Å². The van der Waals surface area contributed by atoms with Gasteiger partial charge >= 0.3 is 0 Å². The summed E-state index contributed by atoms with van der Waals surface area (Å²) >= 11 is 2.00. The summed E-state index contributed by atoms with van der Waals surface area (Å²) in [5.74, 6) is 2.00. The summed E-state index contributed by atoms with van der Waals surface area (Å²) in [5.41, 5.74) is 17.2. The monoisotopic (exact) mass is 606 g/mol. The molecule has 0 bridgehead atoms. The first-order chi connectivity index (χ1) is 22.8. The van der Waals surface area contributed by atoms with E-state index in [2.05, 4.69) is 146 Å². The molecule has 0 amide bonds. The maximum atomic E-state index is 6.11. The molecule has 0 aliphatic carbocycles. The molecule has 1 aliphatic rings. The molecule has 1 nitrogen and oxygen atoms in total. The molecule has 0 unspecified atom stereocenters. The molecule has 0 radical (unpaired) electrons. The predicted octanol–water partition coefficient (Wildman–Crippen LogP) is 12.7. The highest BCUT2D eigenvalue weighted by molar-refractivity contribution is 7.97. The van der Waals surface area contributed by atoms with Crippen LogP contribution in [0.3, 0.4) is 0 Å². The molecule has 0 saturated carbocycles. The molecule has 7 aromatic carbocycles. The van der Waals surface area contributed by atoms with Crippen LogP contribution in [0.1, 0.15) is 11.1 Å². The molecule has 1 aromatic heterocycles. The second kappa shape index (κ2) is 11.2. The fourth-order valence-corrected chi connectivity index (χ4v) is 7.89. The summed E-state index contributed by atoms with van der Waals surface area (Å²) in [6.45, 7) is 0. The molecular formula is C44H30OS. The van der Waals surface area contributed by atoms with Crippen molar-refractivity contribution in [2.45, 2.75) is 11.5 Å². The zero-order valence-corrected chi connectivity index (χ0v) is 26.1. The van der Waals surface area contributed by atoms with Crippen LogP contribution in [0.4, 0.5) is 0 Å². The van der Waals surface area contributed by atoms with Crippen LogP contribution in [0, 0.1) is 0 Å². The molecule has 46 heavy (non-hydrogen) atoms. The number of thioether (sulfide) groups is 1. The predicted molar refractivity (Wildman–Crippen MR) is 196 cm³/mol. The Kier molecular flexibility index (Phi) is 6.61. The molecule has 0 spiro atoms. The molecule has 2 heteroatoms. The third kappa shape index (κ3) is 4.83. The highest BCUT2D eigenvalue weighted by Gasteiger charge is 2.18. The van der Waals surface area contributed by atoms with Crippen LogP contribution in [-0.4, -0.2) is 0 Å². The van der Waals surface area contributed by atoms with Gasteiger partial charge < -0.3 is 4.42 Å². The fraction of sp³-hybridized carbons (Fsp3) is 0.0455. The fourth-order valence-electron chi connectivity index (χ4n) is 6.85. The Labute approximate surface area is 273 Å². The first-order valence-electron chi connectivity index (χ1n) is 15.8. The molecule has 0 atom stereocenters. The van der Waals surface area contributed by atoms with Gasteiger partial charge in [0.2, 0.25) is 0 Å². The van der Waals surface area contributed by atoms with Gasteiger partial charge in [-0.1, -0.05) is 109 Å². The second-order valence-electron chi connectivity index (χ2n) is 12.1. The van der Waals surface area contributed by atoms with Gasteiger partial charge in [-0.3, -0.25) is 0 Å². The average molecular weight is 607 g/mol. The second-order valence-corrected chi connectivity index (χ2v) is 13.1. The number of para-hydroxylation sites is 1. The number of furan rings is 1. The van der Waals surface area contributed by atoms with Gasteiger partial charge in [0.05, 0.1) is 0 Å². The molecule has 8 aromatic rings. The van der Waals surface area contributed by atoms with Gasteiger partial charge in [0.1, 0.15) is 11.2 Å². The van der Waals surface area contributed by atoms with Gasteiger partial charge in [0.15, 0.2) is 0 Å². The van der Waals surface area contributed by atoms with Gasteiger partial charge in [-0.05, 0) is 115 Å². The van der Waals surface area contributed by atoms with Gasteiger partial charge in [-0.25, -0.2) is 0 Å². The van der Waals surface area contributed by atoms with Gasteiger partial charge in [0.25, 0.3) is 0 Å². The van der Waals surface area contributed by atoms with Crippen molar-refractivity contribution in [3.8, 4) is 55.6 Å². The molecule has 0 N–H and O–H groups in total. The molecule has 218 valence electrons. The van der Waals surface area contributed by atoms with Gasteiger partial charge in [-0.15, -0.1) is 0 Å². The average Bonchev–Trinajstić information content (AvgIpc) is 3.40. The Morgan fingerprint density at radius 2 is 0.913 bits per heavy atom. The number of hydrogen-bond acceptors (Lipinski definition) is 2. The Morgan fingerprint density at radius 1 is 0.348 bits per heavy atom. The van der Waals surface area contributed by atoms with Crippen molar-refractivity contribution >= 4 is 33.7 Å². The minimum atomic E-state index is 0.931. The summed E-state index contributed by atoms with van der Waals surface area (Å²) in [6, 6.07) is 57.4. The van der Waals surface area contributed by atoms with Crippen LogP contribution >= 0.6 is 11.8 Å². The third-order valence-corrected chi connectivity index (χ3v) is 10.2. The Bertz CT molecular complexity index is 2330. The Hall–Kier alpha value is -5.31. The third-order valence-electron chi connectivity index (χ3n) is 9.21. The molecule has 2 heterocycles. The lowest BCUT2D eigenvalue weighted by atomic mass is 9.89. The molecule has 9 rings (SSSR count). The molecular weight excluding hydrogens is 577 g/mol. The zero-order valence-electron chi connectivity index (χ0n) is 25.2. The van der Waals surface area contributed by atoms with Crippen LogP contribution in [0.15, 0.2) is 162 Å². The molecule has 0 fully saturated rings. The van der Waals surface area contributed by atoms with Crippen molar-refractivity contribution in [2.75, 3.05) is 0 Å². The Balaban J connectivity index is 1.14. The Morgan fingerprint density at radius 3 is 1.67 bits per heavy atom. The van der Waals surface area contributed by atoms with Crippen molar-refractivity contribution in [2.24, 2.45) is 0 Å². The number of benzene rings is 7. The lowest BCUT2D eigenvalue weighted by molar-refractivity contribution is 0.669. The number of rotatable bonds is 4. The van der Waals surface area contributed by atoms with E-state index in [1.54, 1.807) is 0 Å². The highest BCUT2D eigenvalue weighted by atomic mass is 32.2. The van der Waals surface area contributed by atoms with Gasteiger partial charge in [0, 0.05) is 22.3 Å². The minimum absolute atomic E-state index is 0.931. The van der Waals surface area contributed by atoms with E-state index in [4.69, 9.17) is 4.42 Å².